The number of carbonyl (C=O) groups is 1. The number of nitrogens with zero attached hydrogens (tertiary/aromatic N) is 1. The topological polar surface area (TPSA) is 42.0 Å². The van der Waals surface area contributed by atoms with Gasteiger partial charge in [0.1, 0.15) is 0 Å². The fourth-order valence-electron chi connectivity index (χ4n) is 1.07. The molecule has 1 saturated carbocycles. The number of thioether (sulfide) groups is 1. The minimum absolute atomic E-state index is 0.114. The van der Waals surface area contributed by atoms with Gasteiger partial charge in [0, 0.05) is 12.2 Å². The minimum atomic E-state index is 0.114. The Bertz CT molecular complexity index is 311. The molecule has 4 heteroatoms. The van der Waals surface area contributed by atoms with Gasteiger partial charge in [-0.25, -0.2) is 4.98 Å². The lowest BCUT2D eigenvalue weighted by atomic mass is 10.5. The van der Waals surface area contributed by atoms with Gasteiger partial charge >= 0.3 is 0 Å². The first kappa shape index (κ1) is 9.52. The van der Waals surface area contributed by atoms with Crippen molar-refractivity contribution >= 4 is 17.7 Å². The highest BCUT2D eigenvalue weighted by atomic mass is 32.2. The molecule has 0 unspecified atom stereocenters. The monoisotopic (exact) mass is 208 g/mol. The van der Waals surface area contributed by atoms with E-state index in [0.717, 1.165) is 17.9 Å². The largest absolute Gasteiger partial charge is 0.353 e. The van der Waals surface area contributed by atoms with Crippen LogP contribution >= 0.6 is 11.8 Å². The molecule has 0 bridgehead atoms. The number of hydrogen-bond acceptors (Lipinski definition) is 3. The summed E-state index contributed by atoms with van der Waals surface area (Å²) in [6.45, 7) is 0. The summed E-state index contributed by atoms with van der Waals surface area (Å²) < 4.78 is 0. The molecule has 14 heavy (non-hydrogen) atoms. The van der Waals surface area contributed by atoms with Gasteiger partial charge in [0.2, 0.25) is 5.91 Å². The lowest BCUT2D eigenvalue weighted by molar-refractivity contribution is -0.118. The molecule has 1 fully saturated rings. The molecular formula is C10H12N2OS. The van der Waals surface area contributed by atoms with Crippen molar-refractivity contribution < 1.29 is 4.79 Å². The number of amides is 1. The second-order valence-electron chi connectivity index (χ2n) is 3.30. The van der Waals surface area contributed by atoms with Gasteiger partial charge in [0.05, 0.1) is 10.8 Å². The zero-order valence-corrected chi connectivity index (χ0v) is 8.59. The van der Waals surface area contributed by atoms with Crippen LogP contribution in [0.3, 0.4) is 0 Å². The third-order valence-corrected chi connectivity index (χ3v) is 2.88. The highest BCUT2D eigenvalue weighted by Crippen LogP contribution is 2.19. The summed E-state index contributed by atoms with van der Waals surface area (Å²) >= 11 is 1.48. The van der Waals surface area contributed by atoms with Crippen molar-refractivity contribution in [3.63, 3.8) is 0 Å². The SMILES string of the molecule is O=C(CSc1ccccn1)NC1CC1. The maximum absolute atomic E-state index is 11.3. The minimum Gasteiger partial charge on any atom is -0.353 e. The van der Waals surface area contributed by atoms with Gasteiger partial charge in [-0.1, -0.05) is 17.8 Å². The predicted octanol–water partition coefficient (Wildman–Crippen LogP) is 1.45. The van der Waals surface area contributed by atoms with E-state index < -0.39 is 0 Å². The van der Waals surface area contributed by atoms with Crippen LogP contribution in [0.1, 0.15) is 12.8 Å². The summed E-state index contributed by atoms with van der Waals surface area (Å²) in [6, 6.07) is 6.16. The number of rotatable bonds is 4. The van der Waals surface area contributed by atoms with E-state index in [9.17, 15) is 4.79 Å². The van der Waals surface area contributed by atoms with Crippen molar-refractivity contribution in [1.82, 2.24) is 10.3 Å². The molecule has 0 atom stereocenters. The van der Waals surface area contributed by atoms with E-state index in [1.807, 2.05) is 18.2 Å². The molecule has 0 aromatic carbocycles. The van der Waals surface area contributed by atoms with Crippen molar-refractivity contribution in [3.8, 4) is 0 Å². The highest BCUT2D eigenvalue weighted by Gasteiger charge is 2.22. The first-order valence-electron chi connectivity index (χ1n) is 4.68. The van der Waals surface area contributed by atoms with Crippen LogP contribution in [0.15, 0.2) is 29.4 Å². The summed E-state index contributed by atoms with van der Waals surface area (Å²) in [5, 5.41) is 3.84. The smallest absolute Gasteiger partial charge is 0.230 e. The first-order chi connectivity index (χ1) is 6.84. The van der Waals surface area contributed by atoms with Crippen LogP contribution in [0.4, 0.5) is 0 Å². The van der Waals surface area contributed by atoms with Gasteiger partial charge in [-0.2, -0.15) is 0 Å². The first-order valence-corrected chi connectivity index (χ1v) is 5.66. The molecule has 0 spiro atoms. The van der Waals surface area contributed by atoms with Gasteiger partial charge < -0.3 is 5.32 Å². The lowest BCUT2D eigenvalue weighted by Gasteiger charge is -2.01. The van der Waals surface area contributed by atoms with E-state index in [4.69, 9.17) is 0 Å². The molecule has 0 saturated heterocycles. The summed E-state index contributed by atoms with van der Waals surface area (Å²) in [6.07, 6.45) is 4.01. The molecule has 0 radical (unpaired) electrons. The molecule has 1 heterocycles. The Balaban J connectivity index is 1.73. The quantitative estimate of drug-likeness (QED) is 0.761. The van der Waals surface area contributed by atoms with E-state index in [-0.39, 0.29) is 5.91 Å². The summed E-state index contributed by atoms with van der Waals surface area (Å²) in [5.74, 6) is 0.580. The Morgan fingerprint density at radius 3 is 3.07 bits per heavy atom. The Morgan fingerprint density at radius 2 is 2.43 bits per heavy atom. The number of hydrogen-bond donors (Lipinski definition) is 1. The van der Waals surface area contributed by atoms with Crippen LogP contribution in [-0.2, 0) is 4.79 Å². The van der Waals surface area contributed by atoms with Crippen LogP contribution in [-0.4, -0.2) is 22.7 Å². The second kappa shape index (κ2) is 4.46. The molecule has 2 rings (SSSR count). The Hall–Kier alpha value is -1.03. The van der Waals surface area contributed by atoms with E-state index in [1.54, 1.807) is 6.20 Å². The van der Waals surface area contributed by atoms with Crippen LogP contribution in [0.25, 0.3) is 0 Å². The molecule has 1 aromatic rings. The van der Waals surface area contributed by atoms with Crippen LogP contribution in [0, 0.1) is 0 Å². The summed E-state index contributed by atoms with van der Waals surface area (Å²) in [5.41, 5.74) is 0. The van der Waals surface area contributed by atoms with Gasteiger partial charge in [-0.05, 0) is 25.0 Å². The molecular weight excluding hydrogens is 196 g/mol. The Kier molecular flexibility index (Phi) is 3.03. The highest BCUT2D eigenvalue weighted by molar-refractivity contribution is 7.99. The standard InChI is InChI=1S/C10H12N2OS/c13-9(12-8-4-5-8)7-14-10-3-1-2-6-11-10/h1-3,6,8H,4-5,7H2,(H,12,13). The van der Waals surface area contributed by atoms with E-state index >= 15 is 0 Å². The number of carbonyl (C=O) groups excluding carboxylic acids is 1. The third-order valence-electron chi connectivity index (χ3n) is 1.93. The van der Waals surface area contributed by atoms with Crippen molar-refractivity contribution in [1.29, 1.82) is 0 Å². The van der Waals surface area contributed by atoms with Crippen molar-refractivity contribution in [2.45, 2.75) is 23.9 Å². The fraction of sp³-hybridized carbons (Fsp3) is 0.400. The van der Waals surface area contributed by atoms with Crippen LogP contribution in [0.2, 0.25) is 0 Å². The number of aromatic nitrogens is 1. The molecule has 74 valence electrons. The Morgan fingerprint density at radius 1 is 1.57 bits per heavy atom. The normalized spacial score (nSPS) is 15.1. The number of pyridine rings is 1. The van der Waals surface area contributed by atoms with Crippen LogP contribution < -0.4 is 5.32 Å². The molecule has 1 aliphatic carbocycles. The maximum atomic E-state index is 11.3. The molecule has 1 N–H and O–H groups in total. The van der Waals surface area contributed by atoms with Crippen molar-refractivity contribution in [3.05, 3.63) is 24.4 Å². The van der Waals surface area contributed by atoms with Crippen LogP contribution in [0.5, 0.6) is 0 Å². The zero-order chi connectivity index (χ0) is 9.80. The molecule has 0 aliphatic heterocycles. The third kappa shape index (κ3) is 3.03. The van der Waals surface area contributed by atoms with E-state index in [2.05, 4.69) is 10.3 Å². The average molecular weight is 208 g/mol. The predicted molar refractivity (Wildman–Crippen MR) is 56.1 cm³/mol. The fourth-order valence-corrected chi connectivity index (χ4v) is 1.74. The molecule has 1 aliphatic rings. The summed E-state index contributed by atoms with van der Waals surface area (Å²) in [7, 11) is 0. The Labute approximate surface area is 87.3 Å². The van der Waals surface area contributed by atoms with Gasteiger partial charge in [0.25, 0.3) is 0 Å². The van der Waals surface area contributed by atoms with E-state index in [1.165, 1.54) is 11.8 Å². The second-order valence-corrected chi connectivity index (χ2v) is 4.29. The lowest BCUT2D eigenvalue weighted by Crippen LogP contribution is -2.26. The molecule has 1 aromatic heterocycles. The summed E-state index contributed by atoms with van der Waals surface area (Å²) in [4.78, 5) is 15.4. The van der Waals surface area contributed by atoms with Gasteiger partial charge in [0.15, 0.2) is 0 Å². The molecule has 3 nitrogen and oxygen atoms in total. The molecule has 1 amide bonds. The average Bonchev–Trinajstić information content (AvgIpc) is 3.00. The van der Waals surface area contributed by atoms with Gasteiger partial charge in [-0.3, -0.25) is 4.79 Å². The van der Waals surface area contributed by atoms with Crippen molar-refractivity contribution in [2.75, 3.05) is 5.75 Å². The van der Waals surface area contributed by atoms with E-state index in [0.29, 0.717) is 11.8 Å². The maximum Gasteiger partial charge on any atom is 0.230 e. The zero-order valence-electron chi connectivity index (χ0n) is 7.77. The van der Waals surface area contributed by atoms with Crippen molar-refractivity contribution in [2.24, 2.45) is 0 Å². The number of nitrogens with one attached hydrogen (secondary N) is 1. The van der Waals surface area contributed by atoms with Gasteiger partial charge in [-0.15, -0.1) is 0 Å².